The van der Waals surface area contributed by atoms with E-state index in [0.717, 1.165) is 44.3 Å². The molecule has 2 saturated carbocycles. The number of para-hydroxylation sites is 1. The number of nitrogens with zero attached hydrogens (tertiary/aromatic N) is 2. The fourth-order valence-electron chi connectivity index (χ4n) is 5.66. The van der Waals surface area contributed by atoms with Crippen LogP contribution in [0.3, 0.4) is 0 Å². The van der Waals surface area contributed by atoms with Crippen molar-refractivity contribution in [2.75, 3.05) is 13.1 Å². The predicted molar refractivity (Wildman–Crippen MR) is 110 cm³/mol. The van der Waals surface area contributed by atoms with Crippen molar-refractivity contribution in [3.8, 4) is 0 Å². The van der Waals surface area contributed by atoms with Gasteiger partial charge in [-0.3, -0.25) is 4.79 Å². The second kappa shape index (κ2) is 7.17. The van der Waals surface area contributed by atoms with Crippen LogP contribution in [0.1, 0.15) is 55.9 Å². The van der Waals surface area contributed by atoms with Crippen LogP contribution in [-0.4, -0.2) is 34.9 Å². The molecule has 2 N–H and O–H groups in total. The summed E-state index contributed by atoms with van der Waals surface area (Å²) in [7, 11) is 0. The number of amides is 1. The highest BCUT2D eigenvalue weighted by atomic mass is 32.1. The monoisotopic (exact) mass is 383 g/mol. The van der Waals surface area contributed by atoms with Gasteiger partial charge in [0.25, 0.3) is 0 Å². The Labute approximate surface area is 165 Å². The van der Waals surface area contributed by atoms with Crippen molar-refractivity contribution in [2.45, 2.75) is 56.9 Å². The minimum atomic E-state index is 0.221. The zero-order chi connectivity index (χ0) is 18.4. The number of hydrogen-bond donors (Lipinski definition) is 1. The molecule has 2 heterocycles. The first-order valence-electron chi connectivity index (χ1n) is 10.6. The quantitative estimate of drug-likeness (QED) is 0.847. The van der Waals surface area contributed by atoms with Gasteiger partial charge in [0.1, 0.15) is 0 Å². The smallest absolute Gasteiger partial charge is 0.225 e. The molecule has 2 aliphatic carbocycles. The molecule has 0 radical (unpaired) electrons. The first-order chi connectivity index (χ1) is 13.2. The van der Waals surface area contributed by atoms with Gasteiger partial charge < -0.3 is 10.6 Å². The maximum absolute atomic E-state index is 13.1. The van der Waals surface area contributed by atoms with E-state index in [9.17, 15) is 4.79 Å². The average Bonchev–Trinajstić information content (AvgIpc) is 3.12. The highest BCUT2D eigenvalue weighted by Crippen LogP contribution is 2.43. The average molecular weight is 384 g/mol. The summed E-state index contributed by atoms with van der Waals surface area (Å²) >= 11 is 1.82. The first kappa shape index (κ1) is 17.6. The lowest BCUT2D eigenvalue weighted by Gasteiger charge is -2.45. The van der Waals surface area contributed by atoms with E-state index in [1.165, 1.54) is 29.0 Å². The standard InChI is InChI=1S/C22H29N3OS/c23-20-15-4-3-5-16(20)13-17(12-15)22(26)25-10-8-14(9-11-25)21-24-18-6-1-2-7-19(18)27-21/h1-2,6-7,14-17,20H,3-5,8-13,23H2. The third-order valence-electron chi connectivity index (χ3n) is 7.23. The van der Waals surface area contributed by atoms with E-state index >= 15 is 0 Å². The Morgan fingerprint density at radius 2 is 1.78 bits per heavy atom. The van der Waals surface area contributed by atoms with Crippen LogP contribution in [0.2, 0.25) is 0 Å². The zero-order valence-corrected chi connectivity index (χ0v) is 16.7. The molecule has 4 nitrogen and oxygen atoms in total. The molecule has 3 aliphatic rings. The number of piperidine rings is 1. The number of likely N-dealkylation sites (tertiary alicyclic amines) is 1. The Morgan fingerprint density at radius 1 is 1.07 bits per heavy atom. The van der Waals surface area contributed by atoms with Crippen molar-refractivity contribution in [1.82, 2.24) is 9.88 Å². The summed E-state index contributed by atoms with van der Waals surface area (Å²) in [6.45, 7) is 1.77. The molecule has 1 aliphatic heterocycles. The van der Waals surface area contributed by atoms with Crippen LogP contribution in [0.25, 0.3) is 10.2 Å². The van der Waals surface area contributed by atoms with Gasteiger partial charge in [0.15, 0.2) is 0 Å². The summed E-state index contributed by atoms with van der Waals surface area (Å²) < 4.78 is 1.27. The number of carbonyl (C=O) groups is 1. The number of thiazole rings is 1. The van der Waals surface area contributed by atoms with E-state index in [0.29, 0.717) is 29.7 Å². The maximum atomic E-state index is 13.1. The molecule has 2 atom stereocenters. The largest absolute Gasteiger partial charge is 0.342 e. The first-order valence-corrected chi connectivity index (χ1v) is 11.4. The van der Waals surface area contributed by atoms with Crippen molar-refractivity contribution in [3.05, 3.63) is 29.3 Å². The molecule has 1 amide bonds. The van der Waals surface area contributed by atoms with Crippen molar-refractivity contribution in [3.63, 3.8) is 0 Å². The Hall–Kier alpha value is -1.46. The van der Waals surface area contributed by atoms with Gasteiger partial charge in [0, 0.05) is 31.0 Å². The second-order valence-corrected chi connectivity index (χ2v) is 9.88. The summed E-state index contributed by atoms with van der Waals surface area (Å²) in [6.07, 6.45) is 7.89. The number of fused-ring (bicyclic) bond motifs is 3. The van der Waals surface area contributed by atoms with Crippen LogP contribution in [0.4, 0.5) is 0 Å². The maximum Gasteiger partial charge on any atom is 0.225 e. The zero-order valence-electron chi connectivity index (χ0n) is 15.8. The summed E-state index contributed by atoms with van der Waals surface area (Å²) in [4.78, 5) is 20.1. The highest BCUT2D eigenvalue weighted by molar-refractivity contribution is 7.18. The number of carbonyl (C=O) groups excluding carboxylic acids is 1. The lowest BCUT2D eigenvalue weighted by molar-refractivity contribution is -0.139. The van der Waals surface area contributed by atoms with E-state index in [1.54, 1.807) is 0 Å². The van der Waals surface area contributed by atoms with Gasteiger partial charge in [-0.05, 0) is 62.5 Å². The molecule has 2 bridgehead atoms. The Bertz CT molecular complexity index is 779. The van der Waals surface area contributed by atoms with E-state index in [1.807, 2.05) is 11.3 Å². The lowest BCUT2D eigenvalue weighted by atomic mass is 9.65. The number of nitrogens with two attached hydrogens (primary N) is 1. The molecule has 2 aromatic rings. The molecule has 3 fully saturated rings. The number of rotatable bonds is 2. The van der Waals surface area contributed by atoms with E-state index < -0.39 is 0 Å². The molecule has 1 aromatic carbocycles. The molecule has 5 rings (SSSR count). The second-order valence-electron chi connectivity index (χ2n) is 8.82. The molecule has 0 spiro atoms. The molecule has 5 heteroatoms. The Balaban J connectivity index is 1.22. The normalized spacial score (nSPS) is 32.0. The molecular formula is C22H29N3OS. The van der Waals surface area contributed by atoms with Gasteiger partial charge in [0.2, 0.25) is 5.91 Å². The van der Waals surface area contributed by atoms with Gasteiger partial charge in [-0.1, -0.05) is 18.6 Å². The van der Waals surface area contributed by atoms with Gasteiger partial charge in [-0.2, -0.15) is 0 Å². The lowest BCUT2D eigenvalue weighted by Crippen LogP contribution is -2.50. The SMILES string of the molecule is NC1C2CCCC1CC(C(=O)N1CCC(c3nc4ccccc4s3)CC1)C2. The number of aromatic nitrogens is 1. The van der Waals surface area contributed by atoms with Crippen LogP contribution in [0, 0.1) is 17.8 Å². The summed E-state index contributed by atoms with van der Waals surface area (Å²) in [5.41, 5.74) is 7.52. The Morgan fingerprint density at radius 3 is 2.48 bits per heavy atom. The molecular weight excluding hydrogens is 354 g/mol. The third-order valence-corrected chi connectivity index (χ3v) is 8.43. The van der Waals surface area contributed by atoms with Crippen molar-refractivity contribution < 1.29 is 4.79 Å². The minimum absolute atomic E-state index is 0.221. The van der Waals surface area contributed by atoms with Crippen molar-refractivity contribution in [1.29, 1.82) is 0 Å². The van der Waals surface area contributed by atoms with Gasteiger partial charge in [-0.15, -0.1) is 11.3 Å². The number of benzene rings is 1. The fourth-order valence-corrected chi connectivity index (χ4v) is 6.80. The van der Waals surface area contributed by atoms with Crippen LogP contribution < -0.4 is 5.73 Å². The molecule has 144 valence electrons. The molecule has 2 unspecified atom stereocenters. The van der Waals surface area contributed by atoms with Crippen molar-refractivity contribution >= 4 is 27.5 Å². The van der Waals surface area contributed by atoms with Crippen LogP contribution >= 0.6 is 11.3 Å². The van der Waals surface area contributed by atoms with E-state index in [-0.39, 0.29) is 5.92 Å². The topological polar surface area (TPSA) is 59.2 Å². The van der Waals surface area contributed by atoms with Crippen molar-refractivity contribution in [2.24, 2.45) is 23.5 Å². The van der Waals surface area contributed by atoms with Gasteiger partial charge in [-0.25, -0.2) is 4.98 Å². The third kappa shape index (κ3) is 3.29. The van der Waals surface area contributed by atoms with Crippen LogP contribution in [-0.2, 0) is 4.79 Å². The summed E-state index contributed by atoms with van der Waals surface area (Å²) in [6, 6.07) is 8.72. The minimum Gasteiger partial charge on any atom is -0.342 e. The van der Waals surface area contributed by atoms with Gasteiger partial charge >= 0.3 is 0 Å². The Kier molecular flexibility index (Phi) is 4.68. The fraction of sp³-hybridized carbons (Fsp3) is 0.636. The molecule has 27 heavy (non-hydrogen) atoms. The van der Waals surface area contributed by atoms with E-state index in [2.05, 4.69) is 29.2 Å². The molecule has 1 aromatic heterocycles. The van der Waals surface area contributed by atoms with Gasteiger partial charge in [0.05, 0.1) is 15.2 Å². The summed E-state index contributed by atoms with van der Waals surface area (Å²) in [5, 5.41) is 1.25. The molecule has 1 saturated heterocycles. The van der Waals surface area contributed by atoms with E-state index in [4.69, 9.17) is 10.7 Å². The highest BCUT2D eigenvalue weighted by Gasteiger charge is 2.42. The number of hydrogen-bond acceptors (Lipinski definition) is 4. The van der Waals surface area contributed by atoms with Crippen LogP contribution in [0.5, 0.6) is 0 Å². The predicted octanol–water partition coefficient (Wildman–Crippen LogP) is 4.16. The van der Waals surface area contributed by atoms with Crippen LogP contribution in [0.15, 0.2) is 24.3 Å². The summed E-state index contributed by atoms with van der Waals surface area (Å²) in [5.74, 6) is 2.28.